The molecule has 0 saturated heterocycles. The molecule has 65 valence electrons. The third-order valence-electron chi connectivity index (χ3n) is 1.26. The van der Waals surface area contributed by atoms with Crippen LogP contribution in [0, 0.1) is 13.8 Å². The minimum atomic E-state index is -4.24. The second-order valence-electron chi connectivity index (χ2n) is 2.04. The van der Waals surface area contributed by atoms with Crippen LogP contribution in [0.2, 0.25) is 0 Å². The Morgan fingerprint density at radius 2 is 1.82 bits per heavy atom. The van der Waals surface area contributed by atoms with E-state index in [1.807, 2.05) is 0 Å². The van der Waals surface area contributed by atoms with Gasteiger partial charge in [0.2, 0.25) is 0 Å². The molecule has 0 bridgehead atoms. The Morgan fingerprint density at radius 1 is 1.45 bits per heavy atom. The minimum Gasteiger partial charge on any atom is -0.354 e. The molecule has 5 heteroatoms. The van der Waals surface area contributed by atoms with Crippen molar-refractivity contribution in [2.45, 2.75) is 12.2 Å². The van der Waals surface area contributed by atoms with Gasteiger partial charge in [0, 0.05) is 32.7 Å². The molecule has 11 heavy (non-hydrogen) atoms. The van der Waals surface area contributed by atoms with E-state index in [-0.39, 0.29) is 39.3 Å². The van der Waals surface area contributed by atoms with Crippen molar-refractivity contribution >= 4 is 0 Å². The van der Waals surface area contributed by atoms with Crippen LogP contribution >= 0.6 is 0 Å². The van der Waals surface area contributed by atoms with Gasteiger partial charge in [-0.3, -0.25) is 0 Å². The second-order valence-corrected chi connectivity index (χ2v) is 2.04. The van der Waals surface area contributed by atoms with Crippen molar-refractivity contribution in [1.82, 2.24) is 4.90 Å². The first kappa shape index (κ1) is 14.4. The van der Waals surface area contributed by atoms with Crippen molar-refractivity contribution in [1.29, 1.82) is 0 Å². The van der Waals surface area contributed by atoms with Gasteiger partial charge in [0.25, 0.3) is 0 Å². The normalized spacial score (nSPS) is 14.5. The van der Waals surface area contributed by atoms with Crippen molar-refractivity contribution in [2.24, 2.45) is 0 Å². The molecule has 1 atom stereocenters. The summed E-state index contributed by atoms with van der Waals surface area (Å²) in [6.45, 7) is 6.35. The smallest absolute Gasteiger partial charge is 0.354 e. The molecule has 0 aromatic rings. The third kappa shape index (κ3) is 5.15. The summed E-state index contributed by atoms with van der Waals surface area (Å²) in [6, 6.07) is -1.65. The number of rotatable bonds is 2. The second kappa shape index (κ2) is 5.49. The Balaban J connectivity index is 0. The number of hydrogen-bond donors (Lipinski definition) is 0. The van der Waals surface area contributed by atoms with Crippen molar-refractivity contribution in [3.8, 4) is 0 Å². The molecule has 0 spiro atoms. The van der Waals surface area contributed by atoms with E-state index in [1.165, 1.54) is 7.05 Å². The van der Waals surface area contributed by atoms with Gasteiger partial charge in [-0.1, -0.05) is 0 Å². The molecule has 1 unspecified atom stereocenters. The third-order valence-corrected chi connectivity index (χ3v) is 1.26. The monoisotopic (exact) mass is 242 g/mol. The molecule has 0 rings (SSSR count). The molecule has 0 aromatic heterocycles. The van der Waals surface area contributed by atoms with Gasteiger partial charge in [0.15, 0.2) is 0 Å². The van der Waals surface area contributed by atoms with Gasteiger partial charge in [0.1, 0.15) is 0 Å². The van der Waals surface area contributed by atoms with E-state index in [1.54, 1.807) is 0 Å². The van der Waals surface area contributed by atoms with E-state index in [4.69, 9.17) is 0 Å². The summed E-state index contributed by atoms with van der Waals surface area (Å²) < 4.78 is 35.3. The summed E-state index contributed by atoms with van der Waals surface area (Å²) in [5, 5.41) is 0. The van der Waals surface area contributed by atoms with Crippen molar-refractivity contribution < 1.29 is 45.9 Å². The summed E-state index contributed by atoms with van der Waals surface area (Å²) in [5.41, 5.74) is 0. The van der Waals surface area contributed by atoms with Crippen LogP contribution in [0.5, 0.6) is 0 Å². The molecule has 0 aliphatic carbocycles. The summed E-state index contributed by atoms with van der Waals surface area (Å²) in [4.78, 5) is 1.03. The van der Waals surface area contributed by atoms with Crippen molar-refractivity contribution in [3.63, 3.8) is 0 Å². The zero-order chi connectivity index (χ0) is 8.36. The maximum Gasteiger partial charge on any atom is 0.377 e. The average Bonchev–Trinajstić information content (AvgIpc) is 1.83. The number of halogens is 3. The van der Waals surface area contributed by atoms with Gasteiger partial charge < -0.3 is 18.7 Å². The van der Waals surface area contributed by atoms with Gasteiger partial charge >= 0.3 is 6.18 Å². The Labute approximate surface area is 90.2 Å². The maximum absolute atomic E-state index is 11.8. The SMILES string of the molecule is [CH2-]CN(C)C([CH2-])C(F)(F)F.[Y]. The molecule has 0 heterocycles. The van der Waals surface area contributed by atoms with E-state index >= 15 is 0 Å². The van der Waals surface area contributed by atoms with Crippen LogP contribution in [-0.2, 0) is 32.7 Å². The minimum absolute atomic E-state index is 0. The van der Waals surface area contributed by atoms with Gasteiger partial charge in [-0.2, -0.15) is 13.2 Å². The van der Waals surface area contributed by atoms with E-state index in [9.17, 15) is 13.2 Å². The van der Waals surface area contributed by atoms with Gasteiger partial charge in [-0.25, -0.2) is 0 Å². The molecule has 0 fully saturated rings. The fourth-order valence-electron chi connectivity index (χ4n) is 0.406. The number of alkyl halides is 3. The zero-order valence-electron chi connectivity index (χ0n) is 6.36. The Bertz CT molecular complexity index is 104. The quantitative estimate of drug-likeness (QED) is 0.663. The van der Waals surface area contributed by atoms with E-state index in [2.05, 4.69) is 13.8 Å². The topological polar surface area (TPSA) is 3.24 Å². The molecule has 0 N–H and O–H groups in total. The predicted octanol–water partition coefficient (Wildman–Crippen LogP) is 1.51. The molecule has 0 saturated carbocycles. The van der Waals surface area contributed by atoms with Crippen LogP contribution in [0.1, 0.15) is 0 Å². The summed E-state index contributed by atoms with van der Waals surface area (Å²) in [5.74, 6) is 0. The molecule has 0 aliphatic rings. The molecule has 1 nitrogen and oxygen atoms in total. The van der Waals surface area contributed by atoms with Crippen LogP contribution < -0.4 is 0 Å². The standard InChI is InChI=1S/C6H10F3N.Y/c1-4-10(3)5(2)6(7,8)9;/h5H,1-2,4H2,3H3;/q-2;. The predicted molar refractivity (Wildman–Crippen MR) is 33.2 cm³/mol. The molecule has 0 aromatic carbocycles. The van der Waals surface area contributed by atoms with Gasteiger partial charge in [0.05, 0.1) is 0 Å². The first-order chi connectivity index (χ1) is 4.39. The van der Waals surface area contributed by atoms with Crippen molar-refractivity contribution in [2.75, 3.05) is 13.6 Å². The number of hydrogen-bond acceptors (Lipinski definition) is 1. The van der Waals surface area contributed by atoms with Crippen LogP contribution in [0.25, 0.3) is 0 Å². The van der Waals surface area contributed by atoms with Crippen LogP contribution in [0.3, 0.4) is 0 Å². The van der Waals surface area contributed by atoms with Gasteiger partial charge in [-0.15, -0.1) is 6.54 Å². The Hall–Kier alpha value is 0.854. The Kier molecular flexibility index (Phi) is 7.18. The Morgan fingerprint density at radius 3 is 1.91 bits per heavy atom. The summed E-state index contributed by atoms with van der Waals surface area (Å²) in [7, 11) is 1.33. The largest absolute Gasteiger partial charge is 0.377 e. The summed E-state index contributed by atoms with van der Waals surface area (Å²) >= 11 is 0. The first-order valence-electron chi connectivity index (χ1n) is 2.79. The zero-order valence-corrected chi connectivity index (χ0v) is 9.20. The van der Waals surface area contributed by atoms with E-state index in [0.29, 0.717) is 0 Å². The molecule has 0 aliphatic heterocycles. The first-order valence-corrected chi connectivity index (χ1v) is 2.79. The van der Waals surface area contributed by atoms with E-state index in [0.717, 1.165) is 4.90 Å². The summed E-state index contributed by atoms with van der Waals surface area (Å²) in [6.07, 6.45) is -4.24. The average molecular weight is 242 g/mol. The van der Waals surface area contributed by atoms with Gasteiger partial charge in [-0.05, 0) is 13.1 Å². The van der Waals surface area contributed by atoms with Crippen LogP contribution in [0.15, 0.2) is 0 Å². The van der Waals surface area contributed by atoms with Crippen LogP contribution in [-0.4, -0.2) is 30.7 Å². The van der Waals surface area contributed by atoms with Crippen LogP contribution in [0.4, 0.5) is 13.2 Å². The maximum atomic E-state index is 11.8. The molecular formula is C6H10F3NY-2. The fraction of sp³-hybridized carbons (Fsp3) is 0.667. The fourth-order valence-corrected chi connectivity index (χ4v) is 0.406. The molecule has 1 radical (unpaired) electrons. The molecule has 0 amide bonds. The number of nitrogens with zero attached hydrogens (tertiary/aromatic N) is 1. The van der Waals surface area contributed by atoms with E-state index < -0.39 is 12.2 Å². The van der Waals surface area contributed by atoms with Crippen molar-refractivity contribution in [3.05, 3.63) is 13.8 Å². The molecular weight excluding hydrogens is 232 g/mol.